The third kappa shape index (κ3) is 12.7. The van der Waals surface area contributed by atoms with Gasteiger partial charge in [0.2, 0.25) is 41.4 Å². The van der Waals surface area contributed by atoms with Gasteiger partial charge in [-0.15, -0.1) is 0 Å². The summed E-state index contributed by atoms with van der Waals surface area (Å²) in [6.45, 7) is 8.05. The van der Waals surface area contributed by atoms with Crippen LogP contribution in [0.25, 0.3) is 0 Å². The SMILES string of the molecule is C[C@H](NC(=O)[C@H](C)NC(=O)[C@H](C)NC(=O)[C@H](C)NC(=O)[C@H](C)NC(=O)[C@H](C)NC(=O)[C@@H](N)CC(=O)O)C(N)=O. The Morgan fingerprint density at radius 3 is 0.974 bits per heavy atom. The fourth-order valence-corrected chi connectivity index (χ4v) is 2.69. The Morgan fingerprint density at radius 1 is 0.513 bits per heavy atom. The Bertz CT molecular complexity index is 973. The van der Waals surface area contributed by atoms with Gasteiger partial charge in [0.1, 0.15) is 36.3 Å². The minimum atomic E-state index is -1.37. The van der Waals surface area contributed by atoms with Crippen molar-refractivity contribution < 1.29 is 43.5 Å². The lowest BCUT2D eigenvalue weighted by molar-refractivity contribution is -0.139. The van der Waals surface area contributed by atoms with Crippen LogP contribution in [0, 0.1) is 0 Å². The molecule has 7 atom stereocenters. The summed E-state index contributed by atoms with van der Waals surface area (Å²) in [4.78, 5) is 95.0. The highest BCUT2D eigenvalue weighted by molar-refractivity contribution is 5.96. The smallest absolute Gasteiger partial charge is 0.305 e. The molecule has 0 aromatic heterocycles. The molecule has 0 spiro atoms. The van der Waals surface area contributed by atoms with E-state index in [1.165, 1.54) is 41.5 Å². The summed E-state index contributed by atoms with van der Waals surface area (Å²) in [6, 6.07) is -7.87. The van der Waals surface area contributed by atoms with Gasteiger partial charge in [0.25, 0.3) is 0 Å². The molecule has 0 aromatic carbocycles. The first kappa shape index (κ1) is 34.7. The Hall–Kier alpha value is -4.28. The predicted octanol–water partition coefficient (Wildman–Crippen LogP) is -4.70. The minimum Gasteiger partial charge on any atom is -0.481 e. The lowest BCUT2D eigenvalue weighted by Crippen LogP contribution is -2.57. The summed E-state index contributed by atoms with van der Waals surface area (Å²) in [6.07, 6.45) is -0.635. The summed E-state index contributed by atoms with van der Waals surface area (Å²) < 4.78 is 0. The van der Waals surface area contributed by atoms with Crippen LogP contribution in [-0.2, 0) is 38.4 Å². The van der Waals surface area contributed by atoms with E-state index in [9.17, 15) is 38.4 Å². The normalized spacial score (nSPS) is 16.0. The van der Waals surface area contributed by atoms with Gasteiger partial charge in [-0.2, -0.15) is 0 Å². The van der Waals surface area contributed by atoms with E-state index in [2.05, 4.69) is 31.9 Å². The number of nitrogens with two attached hydrogens (primary N) is 2. The number of carbonyl (C=O) groups is 8. The molecule has 0 heterocycles. The number of amides is 7. The Labute approximate surface area is 224 Å². The second-order valence-corrected chi connectivity index (χ2v) is 8.99. The van der Waals surface area contributed by atoms with Crippen LogP contribution in [0.1, 0.15) is 48.0 Å². The zero-order valence-corrected chi connectivity index (χ0v) is 22.6. The van der Waals surface area contributed by atoms with E-state index in [-0.39, 0.29) is 0 Å². The average Bonchev–Trinajstić information content (AvgIpc) is 2.82. The summed E-state index contributed by atoms with van der Waals surface area (Å²) >= 11 is 0. The van der Waals surface area contributed by atoms with Crippen LogP contribution in [0.3, 0.4) is 0 Å². The fraction of sp³-hybridized carbons (Fsp3) is 0.636. The lowest BCUT2D eigenvalue weighted by atomic mass is 10.2. The monoisotopic (exact) mass is 558 g/mol. The molecule has 17 nitrogen and oxygen atoms in total. The topological polar surface area (TPSA) is 281 Å². The number of aliphatic carboxylic acids is 1. The first-order valence-electron chi connectivity index (χ1n) is 12.0. The minimum absolute atomic E-state index is 0.635. The second-order valence-electron chi connectivity index (χ2n) is 8.99. The van der Waals surface area contributed by atoms with Crippen molar-refractivity contribution >= 4 is 47.3 Å². The molecule has 39 heavy (non-hydrogen) atoms. The van der Waals surface area contributed by atoms with E-state index < -0.39 is 96.0 Å². The quantitative estimate of drug-likeness (QED) is 0.0925. The number of carboxylic acids is 1. The van der Waals surface area contributed by atoms with Crippen LogP contribution in [0.4, 0.5) is 0 Å². The number of carbonyl (C=O) groups excluding carboxylic acids is 7. The standard InChI is InChI=1S/C22H38N8O9/c1-8(16(24)33)25-17(34)9(2)26-18(35)10(3)27-19(36)11(4)28-20(37)12(5)29-21(38)13(6)30-22(39)14(23)7-15(31)32/h8-14H,7,23H2,1-6H3,(H2,24,33)(H,25,34)(H,26,35)(H,27,36)(H,28,37)(H,29,38)(H,30,39)(H,31,32)/t8-,9-,10-,11-,12-,13-,14-/m0/s1. The zero-order valence-electron chi connectivity index (χ0n) is 22.6. The predicted molar refractivity (Wildman–Crippen MR) is 135 cm³/mol. The fourth-order valence-electron chi connectivity index (χ4n) is 2.69. The molecule has 0 aliphatic heterocycles. The van der Waals surface area contributed by atoms with E-state index in [4.69, 9.17) is 16.6 Å². The van der Waals surface area contributed by atoms with Gasteiger partial charge in [-0.1, -0.05) is 0 Å². The van der Waals surface area contributed by atoms with Crippen LogP contribution >= 0.6 is 0 Å². The van der Waals surface area contributed by atoms with Crippen molar-refractivity contribution in [2.45, 2.75) is 90.3 Å². The number of hydrogen-bond acceptors (Lipinski definition) is 9. The molecule has 11 N–H and O–H groups in total. The van der Waals surface area contributed by atoms with Crippen LogP contribution in [-0.4, -0.2) is 94.7 Å². The van der Waals surface area contributed by atoms with E-state index in [0.717, 1.165) is 0 Å². The van der Waals surface area contributed by atoms with Crippen molar-refractivity contribution in [2.24, 2.45) is 11.5 Å². The highest BCUT2D eigenvalue weighted by atomic mass is 16.4. The Kier molecular flexibility index (Phi) is 14.1. The maximum Gasteiger partial charge on any atom is 0.305 e. The molecule has 0 aliphatic rings. The van der Waals surface area contributed by atoms with Gasteiger partial charge in [0.05, 0.1) is 12.5 Å². The van der Waals surface area contributed by atoms with Crippen molar-refractivity contribution in [3.63, 3.8) is 0 Å². The van der Waals surface area contributed by atoms with Crippen molar-refractivity contribution in [3.8, 4) is 0 Å². The van der Waals surface area contributed by atoms with E-state index >= 15 is 0 Å². The first-order chi connectivity index (χ1) is 17.9. The van der Waals surface area contributed by atoms with Gasteiger partial charge in [-0.3, -0.25) is 38.4 Å². The Balaban J connectivity index is 4.74. The van der Waals surface area contributed by atoms with Gasteiger partial charge in [-0.25, -0.2) is 0 Å². The second kappa shape index (κ2) is 15.9. The van der Waals surface area contributed by atoms with Crippen LogP contribution in [0.15, 0.2) is 0 Å². The molecule has 0 saturated heterocycles. The number of primary amides is 1. The molecule has 0 rings (SSSR count). The van der Waals surface area contributed by atoms with Gasteiger partial charge >= 0.3 is 5.97 Å². The third-order valence-electron chi connectivity index (χ3n) is 5.28. The maximum atomic E-state index is 12.4. The zero-order chi connectivity index (χ0) is 30.6. The molecule has 0 saturated carbocycles. The molecule has 0 radical (unpaired) electrons. The van der Waals surface area contributed by atoms with Gasteiger partial charge in [-0.05, 0) is 41.5 Å². The van der Waals surface area contributed by atoms with Gasteiger partial charge < -0.3 is 48.5 Å². The van der Waals surface area contributed by atoms with Crippen molar-refractivity contribution in [1.29, 1.82) is 0 Å². The summed E-state index contributed by atoms with van der Waals surface area (Å²) in [5.74, 6) is -6.54. The highest BCUT2D eigenvalue weighted by Gasteiger charge is 2.27. The van der Waals surface area contributed by atoms with Crippen molar-refractivity contribution in [3.05, 3.63) is 0 Å². The molecule has 0 fully saturated rings. The summed E-state index contributed by atoms with van der Waals surface area (Å²) in [5.41, 5.74) is 10.5. The number of nitrogens with one attached hydrogen (secondary N) is 6. The average molecular weight is 559 g/mol. The Morgan fingerprint density at radius 2 is 0.744 bits per heavy atom. The number of rotatable bonds is 15. The molecule has 7 amide bonds. The molecule has 17 heteroatoms. The van der Waals surface area contributed by atoms with E-state index in [0.29, 0.717) is 0 Å². The van der Waals surface area contributed by atoms with Crippen LogP contribution in [0.2, 0.25) is 0 Å². The lowest BCUT2D eigenvalue weighted by Gasteiger charge is -2.23. The van der Waals surface area contributed by atoms with E-state index in [1.807, 2.05) is 0 Å². The molecule has 0 unspecified atom stereocenters. The third-order valence-corrected chi connectivity index (χ3v) is 5.28. The van der Waals surface area contributed by atoms with E-state index in [1.54, 1.807) is 0 Å². The number of carboxylic acid groups (broad SMARTS) is 1. The van der Waals surface area contributed by atoms with Crippen LogP contribution in [0.5, 0.6) is 0 Å². The van der Waals surface area contributed by atoms with Crippen LogP contribution < -0.4 is 43.4 Å². The number of hydrogen-bond donors (Lipinski definition) is 9. The van der Waals surface area contributed by atoms with Gasteiger partial charge in [0.15, 0.2) is 0 Å². The highest BCUT2D eigenvalue weighted by Crippen LogP contribution is 1.95. The molecular formula is C22H38N8O9. The maximum absolute atomic E-state index is 12.4. The largest absolute Gasteiger partial charge is 0.481 e. The molecule has 0 bridgehead atoms. The van der Waals surface area contributed by atoms with Gasteiger partial charge in [0, 0.05) is 0 Å². The van der Waals surface area contributed by atoms with Crippen molar-refractivity contribution in [2.75, 3.05) is 0 Å². The molecule has 220 valence electrons. The summed E-state index contributed by atoms with van der Waals surface area (Å²) in [5, 5.41) is 22.7. The first-order valence-corrected chi connectivity index (χ1v) is 12.0. The molecule has 0 aromatic rings. The summed E-state index contributed by atoms with van der Waals surface area (Å²) in [7, 11) is 0. The molecular weight excluding hydrogens is 520 g/mol. The van der Waals surface area contributed by atoms with Crippen molar-refractivity contribution in [1.82, 2.24) is 31.9 Å². The molecule has 0 aliphatic carbocycles.